The zero-order valence-corrected chi connectivity index (χ0v) is 8.27. The summed E-state index contributed by atoms with van der Waals surface area (Å²) < 4.78 is 11.0. The summed E-state index contributed by atoms with van der Waals surface area (Å²) in [5, 5.41) is 0. The molecular weight excluding hydrogens is 152 g/mol. The third kappa shape index (κ3) is 2.46. The first-order chi connectivity index (χ1) is 5.83. The first-order valence-corrected chi connectivity index (χ1v) is 4.98. The fraction of sp³-hybridized carbons (Fsp3) is 1.00. The van der Waals surface area contributed by atoms with Crippen LogP contribution in [0.15, 0.2) is 0 Å². The van der Waals surface area contributed by atoms with Crippen LogP contribution in [0.4, 0.5) is 0 Å². The predicted molar refractivity (Wildman–Crippen MR) is 49.3 cm³/mol. The van der Waals surface area contributed by atoms with Gasteiger partial charge in [0.1, 0.15) is 0 Å². The van der Waals surface area contributed by atoms with E-state index in [-0.39, 0.29) is 0 Å². The molecule has 0 aromatic heterocycles. The maximum atomic E-state index is 5.58. The summed E-state index contributed by atoms with van der Waals surface area (Å²) >= 11 is 0. The molecule has 2 nitrogen and oxygen atoms in total. The van der Waals surface area contributed by atoms with E-state index in [2.05, 4.69) is 13.8 Å². The molecule has 0 aliphatic carbocycles. The smallest absolute Gasteiger partial charge is 0.0545 e. The molecule has 1 aliphatic heterocycles. The van der Waals surface area contributed by atoms with Gasteiger partial charge in [-0.2, -0.15) is 0 Å². The monoisotopic (exact) mass is 172 g/mol. The maximum absolute atomic E-state index is 5.58. The summed E-state index contributed by atoms with van der Waals surface area (Å²) in [6, 6.07) is 0. The van der Waals surface area contributed by atoms with Crippen molar-refractivity contribution in [3.63, 3.8) is 0 Å². The van der Waals surface area contributed by atoms with Crippen LogP contribution in [0.2, 0.25) is 0 Å². The van der Waals surface area contributed by atoms with Gasteiger partial charge in [-0.1, -0.05) is 13.8 Å². The molecule has 1 atom stereocenters. The van der Waals surface area contributed by atoms with Gasteiger partial charge in [-0.3, -0.25) is 0 Å². The normalized spacial score (nSPS) is 29.5. The lowest BCUT2D eigenvalue weighted by atomic mass is 9.85. The van der Waals surface area contributed by atoms with Crippen LogP contribution in [-0.2, 0) is 9.47 Å². The lowest BCUT2D eigenvalue weighted by Gasteiger charge is -2.24. The van der Waals surface area contributed by atoms with E-state index in [9.17, 15) is 0 Å². The average Bonchev–Trinajstić information content (AvgIpc) is 2.55. The van der Waals surface area contributed by atoms with Crippen molar-refractivity contribution in [3.8, 4) is 0 Å². The summed E-state index contributed by atoms with van der Waals surface area (Å²) in [4.78, 5) is 0. The van der Waals surface area contributed by atoms with E-state index in [1.807, 2.05) is 0 Å². The largest absolute Gasteiger partial charge is 0.381 e. The minimum Gasteiger partial charge on any atom is -0.381 e. The Hall–Kier alpha value is -0.0800. The van der Waals surface area contributed by atoms with Gasteiger partial charge >= 0.3 is 0 Å². The molecule has 1 aliphatic rings. The van der Waals surface area contributed by atoms with Crippen LogP contribution in [0.1, 0.15) is 33.1 Å². The Morgan fingerprint density at radius 3 is 2.75 bits per heavy atom. The first kappa shape index (κ1) is 10.0. The summed E-state index contributed by atoms with van der Waals surface area (Å²) in [5.74, 6) is 0. The second-order valence-corrected chi connectivity index (χ2v) is 3.71. The maximum Gasteiger partial charge on any atom is 0.0545 e. The van der Waals surface area contributed by atoms with Crippen LogP contribution in [-0.4, -0.2) is 26.4 Å². The van der Waals surface area contributed by atoms with Crippen LogP contribution in [0.3, 0.4) is 0 Å². The highest BCUT2D eigenvalue weighted by atomic mass is 16.5. The van der Waals surface area contributed by atoms with Crippen LogP contribution in [0.25, 0.3) is 0 Å². The molecule has 72 valence electrons. The molecule has 0 aromatic rings. The topological polar surface area (TPSA) is 18.5 Å². The quantitative estimate of drug-likeness (QED) is 0.592. The molecule has 12 heavy (non-hydrogen) atoms. The van der Waals surface area contributed by atoms with E-state index in [0.717, 1.165) is 32.8 Å². The number of hydrogen-bond acceptors (Lipinski definition) is 2. The van der Waals surface area contributed by atoms with Gasteiger partial charge in [-0.25, -0.2) is 0 Å². The van der Waals surface area contributed by atoms with E-state index in [4.69, 9.17) is 9.47 Å². The van der Waals surface area contributed by atoms with Crippen molar-refractivity contribution < 1.29 is 9.47 Å². The van der Waals surface area contributed by atoms with Crippen LogP contribution in [0, 0.1) is 5.41 Å². The van der Waals surface area contributed by atoms with Gasteiger partial charge in [-0.15, -0.1) is 0 Å². The van der Waals surface area contributed by atoms with Crippen molar-refractivity contribution in [2.75, 3.05) is 26.4 Å². The zero-order chi connectivity index (χ0) is 8.86. The molecule has 0 amide bonds. The van der Waals surface area contributed by atoms with Crippen molar-refractivity contribution in [1.82, 2.24) is 0 Å². The molecule has 0 bridgehead atoms. The molecule has 0 saturated carbocycles. The average molecular weight is 172 g/mol. The number of ether oxygens (including phenoxy) is 2. The molecular formula is C10H20O2. The van der Waals surface area contributed by atoms with Gasteiger partial charge in [0.05, 0.1) is 13.2 Å². The Balaban J connectivity index is 2.24. The predicted octanol–water partition coefficient (Wildman–Crippen LogP) is 2.23. The molecule has 1 fully saturated rings. The third-order valence-electron chi connectivity index (χ3n) is 2.69. The van der Waals surface area contributed by atoms with Crippen molar-refractivity contribution in [3.05, 3.63) is 0 Å². The fourth-order valence-electron chi connectivity index (χ4n) is 1.58. The SMILES string of the molecule is CCCOCC1(CC)CCOC1. The molecule has 0 spiro atoms. The fourth-order valence-corrected chi connectivity index (χ4v) is 1.58. The molecule has 1 saturated heterocycles. The highest BCUT2D eigenvalue weighted by Crippen LogP contribution is 2.32. The third-order valence-corrected chi connectivity index (χ3v) is 2.69. The van der Waals surface area contributed by atoms with Crippen molar-refractivity contribution >= 4 is 0 Å². The minimum atomic E-state index is 0.342. The van der Waals surface area contributed by atoms with E-state index in [0.29, 0.717) is 5.41 Å². The van der Waals surface area contributed by atoms with Crippen molar-refractivity contribution in [2.24, 2.45) is 5.41 Å². The highest BCUT2D eigenvalue weighted by molar-refractivity contribution is 4.81. The first-order valence-electron chi connectivity index (χ1n) is 4.98. The van der Waals surface area contributed by atoms with Crippen LogP contribution in [0.5, 0.6) is 0 Å². The Labute approximate surface area is 75.2 Å². The lowest BCUT2D eigenvalue weighted by Crippen LogP contribution is -2.26. The van der Waals surface area contributed by atoms with Crippen molar-refractivity contribution in [2.45, 2.75) is 33.1 Å². The molecule has 0 radical (unpaired) electrons. The van der Waals surface area contributed by atoms with Gasteiger partial charge in [0, 0.05) is 18.6 Å². The molecule has 1 heterocycles. The van der Waals surface area contributed by atoms with Crippen LogP contribution >= 0.6 is 0 Å². The van der Waals surface area contributed by atoms with Gasteiger partial charge in [-0.05, 0) is 19.3 Å². The van der Waals surface area contributed by atoms with E-state index in [1.165, 1.54) is 12.8 Å². The summed E-state index contributed by atoms with van der Waals surface area (Å²) in [6.45, 7) is 7.96. The Morgan fingerprint density at radius 2 is 2.25 bits per heavy atom. The molecule has 1 rings (SSSR count). The lowest BCUT2D eigenvalue weighted by molar-refractivity contribution is 0.0319. The minimum absolute atomic E-state index is 0.342. The summed E-state index contributed by atoms with van der Waals surface area (Å²) in [5.41, 5.74) is 0.342. The van der Waals surface area contributed by atoms with Crippen LogP contribution < -0.4 is 0 Å². The van der Waals surface area contributed by atoms with Gasteiger partial charge in [0.2, 0.25) is 0 Å². The molecule has 1 unspecified atom stereocenters. The molecule has 0 N–H and O–H groups in total. The Bertz CT molecular complexity index is 117. The van der Waals surface area contributed by atoms with E-state index < -0.39 is 0 Å². The number of hydrogen-bond donors (Lipinski definition) is 0. The second-order valence-electron chi connectivity index (χ2n) is 3.71. The van der Waals surface area contributed by atoms with Gasteiger partial charge in [0.15, 0.2) is 0 Å². The van der Waals surface area contributed by atoms with Gasteiger partial charge in [0.25, 0.3) is 0 Å². The second kappa shape index (κ2) is 4.83. The number of rotatable bonds is 5. The Morgan fingerprint density at radius 1 is 1.42 bits per heavy atom. The molecule has 0 aromatic carbocycles. The van der Waals surface area contributed by atoms with Crippen molar-refractivity contribution in [1.29, 1.82) is 0 Å². The standard InChI is InChI=1S/C10H20O2/c1-3-6-11-8-10(4-2)5-7-12-9-10/h3-9H2,1-2H3. The van der Waals surface area contributed by atoms with Gasteiger partial charge < -0.3 is 9.47 Å². The summed E-state index contributed by atoms with van der Waals surface area (Å²) in [6.07, 6.45) is 3.46. The molecule has 2 heteroatoms. The Kier molecular flexibility index (Phi) is 4.02. The van der Waals surface area contributed by atoms with E-state index >= 15 is 0 Å². The summed E-state index contributed by atoms with van der Waals surface area (Å²) in [7, 11) is 0. The zero-order valence-electron chi connectivity index (χ0n) is 8.27. The highest BCUT2D eigenvalue weighted by Gasteiger charge is 2.33. The van der Waals surface area contributed by atoms with E-state index in [1.54, 1.807) is 0 Å².